The van der Waals surface area contributed by atoms with E-state index in [1.807, 2.05) is 6.92 Å². The molecule has 4 aliphatic heterocycles. The predicted molar refractivity (Wildman–Crippen MR) is 248 cm³/mol. The summed E-state index contributed by atoms with van der Waals surface area (Å²) in [6.45, 7) is 14.1. The van der Waals surface area contributed by atoms with Gasteiger partial charge in [-0.25, -0.2) is 4.83 Å². The first-order valence-corrected chi connectivity index (χ1v) is 23.8. The minimum atomic E-state index is -4.01. The van der Waals surface area contributed by atoms with Gasteiger partial charge in [0.05, 0.1) is 46.2 Å². The van der Waals surface area contributed by atoms with Gasteiger partial charge >= 0.3 is 11.8 Å². The Bertz CT molecular complexity index is 2640. The summed E-state index contributed by atoms with van der Waals surface area (Å²) in [5.74, 6) is -9.81. The van der Waals surface area contributed by atoms with E-state index in [0.29, 0.717) is 5.71 Å². The zero-order valence-electron chi connectivity index (χ0n) is 39.8. The molecule has 0 saturated carbocycles. The molecule has 0 unspecified atom stereocenters. The van der Waals surface area contributed by atoms with E-state index in [4.69, 9.17) is 18.9 Å². The number of hydrazone groups is 1. The van der Waals surface area contributed by atoms with Crippen molar-refractivity contribution in [3.63, 3.8) is 0 Å². The first kappa shape index (κ1) is 51.2. The monoisotopic (exact) mass is 960 g/mol. The van der Waals surface area contributed by atoms with Crippen LogP contribution in [0, 0.1) is 37.5 Å². The van der Waals surface area contributed by atoms with E-state index in [1.165, 1.54) is 70.1 Å². The number of ether oxygens (including phenoxy) is 4. The number of phenols is 1. The standard InChI is InChI=1S/C49H60N4O14S/c1-24-14-16-33(17-15-24)68(62,63)52-51-32-18-21-53(22-19-32)39-38-43(58)36-35(44(39)59)37-46(30(7)42(36)57)67-49(9,47(37)60)65-23-20-34(64-10)27(4)45(66-31(8)54)29(6)41(56)28(5)40(55)25(2)12-11-13-26(3)48(61)50-38/h11-17,20,23,25,27-29,34,40-41,45,52,55-57H,18-19,21-22H2,1-10H3,(H,50,61)/b12-11+,23-20+,26-13-/t25-,27+,28+,29+,34-,40-,41+,45+,49-/m0/s1. The van der Waals surface area contributed by atoms with Crippen molar-refractivity contribution in [1.82, 2.24) is 15.0 Å². The first-order valence-electron chi connectivity index (χ1n) is 22.4. The molecule has 9 atom stereocenters. The normalized spacial score (nSPS) is 30.1. The zero-order chi connectivity index (χ0) is 50.2. The molecule has 4 heterocycles. The number of aromatic hydroxyl groups is 1. The highest BCUT2D eigenvalue weighted by molar-refractivity contribution is 7.89. The number of carbonyl (C=O) groups is 5. The molecule has 1 amide bonds. The van der Waals surface area contributed by atoms with E-state index in [2.05, 4.69) is 15.2 Å². The molecule has 0 radical (unpaired) electrons. The molecular formula is C49H60N4O14S. The lowest BCUT2D eigenvalue weighted by molar-refractivity contribution is -0.160. The number of piperidine rings is 1. The Hall–Kier alpha value is -6.15. The number of esters is 1. The lowest BCUT2D eigenvalue weighted by atomic mass is 9.78. The van der Waals surface area contributed by atoms with E-state index in [1.54, 1.807) is 45.9 Å². The molecule has 2 aromatic rings. The molecule has 68 heavy (non-hydrogen) atoms. The minimum Gasteiger partial charge on any atom is -0.507 e. The lowest BCUT2D eigenvalue weighted by Gasteiger charge is -2.38. The number of hydrogen-bond acceptors (Lipinski definition) is 16. The van der Waals surface area contributed by atoms with Gasteiger partial charge in [-0.1, -0.05) is 63.6 Å². The van der Waals surface area contributed by atoms with Crippen LogP contribution in [0.1, 0.15) is 104 Å². The topological polar surface area (TPSA) is 257 Å². The third-order valence-corrected chi connectivity index (χ3v) is 14.5. The van der Waals surface area contributed by atoms with Crippen molar-refractivity contribution >= 4 is 45.0 Å². The summed E-state index contributed by atoms with van der Waals surface area (Å²) in [5, 5.41) is 41.4. The van der Waals surface area contributed by atoms with Crippen molar-refractivity contribution < 1.29 is 66.7 Å². The van der Waals surface area contributed by atoms with Crippen LogP contribution in [0.15, 0.2) is 81.8 Å². The van der Waals surface area contributed by atoms with Crippen molar-refractivity contribution in [1.29, 1.82) is 0 Å². The van der Waals surface area contributed by atoms with Crippen molar-refractivity contribution in [2.24, 2.45) is 28.8 Å². The number of sulfonamides is 1. The minimum absolute atomic E-state index is 0.0155. The van der Waals surface area contributed by atoms with E-state index in [-0.39, 0.29) is 59.0 Å². The third-order valence-electron chi connectivity index (χ3n) is 13.2. The van der Waals surface area contributed by atoms with E-state index >= 15 is 4.79 Å². The van der Waals surface area contributed by atoms with Crippen LogP contribution in [0.2, 0.25) is 0 Å². The second kappa shape index (κ2) is 20.2. The molecule has 5 aliphatic rings. The molecule has 1 aliphatic carbocycles. The van der Waals surface area contributed by atoms with Crippen LogP contribution in [0.4, 0.5) is 0 Å². The Morgan fingerprint density at radius 2 is 1.56 bits per heavy atom. The number of benzene rings is 2. The Labute approximate surface area is 395 Å². The van der Waals surface area contributed by atoms with Crippen LogP contribution in [0.5, 0.6) is 11.5 Å². The number of carbonyl (C=O) groups excluding carboxylic acids is 5. The number of amides is 1. The maximum absolute atomic E-state index is 15.1. The predicted octanol–water partition coefficient (Wildman–Crippen LogP) is 4.70. The summed E-state index contributed by atoms with van der Waals surface area (Å²) in [5.41, 5.74) is -0.712. The number of nitrogens with one attached hydrogen (secondary N) is 2. The van der Waals surface area contributed by atoms with E-state index < -0.39 is 116 Å². The van der Waals surface area contributed by atoms with Gasteiger partial charge in [0, 0.05) is 87.4 Å². The number of methoxy groups -OCH3 is 1. The van der Waals surface area contributed by atoms with Crippen LogP contribution in [-0.4, -0.2) is 114 Å². The number of likely N-dealkylation sites (tertiary alicyclic amines) is 1. The van der Waals surface area contributed by atoms with Crippen molar-refractivity contribution in [3.05, 3.63) is 99.6 Å². The van der Waals surface area contributed by atoms with Gasteiger partial charge in [-0.2, -0.15) is 13.5 Å². The number of Topliss-reactive ketones (excluding diaryl/α,β-unsaturated/α-hetero) is 3. The Kier molecular flexibility index (Phi) is 15.2. The average Bonchev–Trinajstić information content (AvgIpc) is 3.57. The number of hydrogen-bond donors (Lipinski definition) is 5. The Morgan fingerprint density at radius 3 is 2.18 bits per heavy atom. The number of phenolic OH excluding ortho intramolecular Hbond substituents is 1. The van der Waals surface area contributed by atoms with E-state index in [0.717, 1.165) is 11.8 Å². The van der Waals surface area contributed by atoms with Crippen LogP contribution >= 0.6 is 0 Å². The van der Waals surface area contributed by atoms with Gasteiger partial charge in [0.2, 0.25) is 11.6 Å². The molecule has 19 heteroatoms. The molecule has 2 aromatic carbocycles. The summed E-state index contributed by atoms with van der Waals surface area (Å²) in [6.07, 6.45) is 3.37. The van der Waals surface area contributed by atoms with Crippen LogP contribution in [0.3, 0.4) is 0 Å². The fraction of sp³-hybridized carbons (Fsp3) is 0.469. The molecule has 366 valence electrons. The summed E-state index contributed by atoms with van der Waals surface area (Å²) in [4.78, 5) is 74.6. The molecule has 0 aromatic heterocycles. The highest BCUT2D eigenvalue weighted by Crippen LogP contribution is 2.49. The third kappa shape index (κ3) is 10.0. The Morgan fingerprint density at radius 1 is 0.912 bits per heavy atom. The molecule has 5 bridgehead atoms. The Balaban J connectivity index is 1.43. The summed E-state index contributed by atoms with van der Waals surface area (Å²) < 4.78 is 49.6. The second-order valence-corrected chi connectivity index (χ2v) is 19.7. The molecule has 1 fully saturated rings. The number of aryl methyl sites for hydroxylation is 1. The molecule has 18 nitrogen and oxygen atoms in total. The van der Waals surface area contributed by atoms with Crippen molar-refractivity contribution in [2.75, 3.05) is 20.2 Å². The molecule has 1 saturated heterocycles. The zero-order valence-corrected chi connectivity index (χ0v) is 40.6. The maximum atomic E-state index is 15.1. The number of ketones is 3. The van der Waals surface area contributed by atoms with Gasteiger partial charge < -0.3 is 44.5 Å². The van der Waals surface area contributed by atoms with Crippen LogP contribution in [0.25, 0.3) is 0 Å². The highest BCUT2D eigenvalue weighted by Gasteiger charge is 2.53. The van der Waals surface area contributed by atoms with Gasteiger partial charge in [-0.3, -0.25) is 24.0 Å². The lowest BCUT2D eigenvalue weighted by Crippen LogP contribution is -2.46. The molecule has 7 rings (SSSR count). The highest BCUT2D eigenvalue weighted by atomic mass is 32.2. The molecule has 5 N–H and O–H groups in total. The molecular weight excluding hydrogens is 901 g/mol. The van der Waals surface area contributed by atoms with Crippen LogP contribution in [-0.2, 0) is 33.8 Å². The van der Waals surface area contributed by atoms with Gasteiger partial charge in [-0.05, 0) is 39.0 Å². The number of fused-ring (bicyclic) bond motifs is 14. The van der Waals surface area contributed by atoms with Crippen LogP contribution < -0.4 is 14.9 Å². The van der Waals surface area contributed by atoms with Gasteiger partial charge in [-0.15, -0.1) is 0 Å². The second-order valence-electron chi connectivity index (χ2n) is 18.1. The van der Waals surface area contributed by atoms with Gasteiger partial charge in [0.15, 0.2) is 0 Å². The van der Waals surface area contributed by atoms with E-state index in [9.17, 15) is 42.9 Å². The smallest absolute Gasteiger partial charge is 0.312 e. The maximum Gasteiger partial charge on any atom is 0.312 e. The summed E-state index contributed by atoms with van der Waals surface area (Å²) in [7, 11) is -2.60. The quantitative estimate of drug-likeness (QED) is 0.194. The number of nitrogens with zero attached hydrogens (tertiary/aromatic N) is 2. The average molecular weight is 961 g/mol. The molecule has 0 spiro atoms. The number of allylic oxidation sites excluding steroid dienone is 4. The fourth-order valence-electron chi connectivity index (χ4n) is 8.97. The van der Waals surface area contributed by atoms with Gasteiger partial charge in [0.25, 0.3) is 21.7 Å². The number of rotatable bonds is 6. The van der Waals surface area contributed by atoms with Gasteiger partial charge in [0.1, 0.15) is 29.0 Å². The fourth-order valence-corrected chi connectivity index (χ4v) is 9.82. The number of aliphatic hydroxyl groups is 2. The SMILES string of the molecule is CO[C@H]1/C=C/O[C@@]2(C)Oc3c(C)c(O)c4c(c3C2=O)C(=O)C(N2CCC(=NNS(=O)(=O)c3ccc(C)cc3)CC2)=C(NC(=O)/C(C)=C\C=C\[C@H](C)[C@H](O)[C@@H](C)[C@@H](O)[C@@H](C)[C@H](OC(C)=O)[C@@H]1C)C4=O. The largest absolute Gasteiger partial charge is 0.507 e. The summed E-state index contributed by atoms with van der Waals surface area (Å²) >= 11 is 0. The van der Waals surface area contributed by atoms with Crippen molar-refractivity contribution in [3.8, 4) is 11.5 Å². The summed E-state index contributed by atoms with van der Waals surface area (Å²) in [6, 6.07) is 6.22. The van der Waals surface area contributed by atoms with Crippen molar-refractivity contribution in [2.45, 2.75) is 110 Å². The number of aliphatic hydroxyl groups excluding tert-OH is 2. The first-order chi connectivity index (χ1) is 31.9.